The zero-order valence-electron chi connectivity index (χ0n) is 13.8. The minimum atomic E-state index is -0.0730. The van der Waals surface area contributed by atoms with E-state index in [4.69, 9.17) is 15.2 Å². The van der Waals surface area contributed by atoms with Gasteiger partial charge in [0.15, 0.2) is 11.5 Å². The number of rotatable bonds is 7. The van der Waals surface area contributed by atoms with E-state index in [0.717, 1.165) is 17.0 Å². The lowest BCUT2D eigenvalue weighted by Gasteiger charge is -2.31. The van der Waals surface area contributed by atoms with Gasteiger partial charge >= 0.3 is 0 Å². The highest BCUT2D eigenvalue weighted by molar-refractivity contribution is 5.55. The summed E-state index contributed by atoms with van der Waals surface area (Å²) in [6, 6.07) is 12.8. The Labute approximate surface area is 137 Å². The lowest BCUT2D eigenvalue weighted by molar-refractivity contribution is 0.305. The van der Waals surface area contributed by atoms with Gasteiger partial charge in [0.2, 0.25) is 0 Å². The summed E-state index contributed by atoms with van der Waals surface area (Å²) in [6.07, 6.45) is 0. The fraction of sp³-hybridized carbons (Fsp3) is 0.333. The Balaban J connectivity index is 2.42. The summed E-state index contributed by atoms with van der Waals surface area (Å²) in [6.45, 7) is 2.91. The van der Waals surface area contributed by atoms with Gasteiger partial charge in [-0.1, -0.05) is 12.1 Å². The van der Waals surface area contributed by atoms with Crippen LogP contribution < -0.4 is 20.1 Å². The Bertz CT molecular complexity index is 629. The summed E-state index contributed by atoms with van der Waals surface area (Å²) in [5.41, 5.74) is 7.98. The average molecular weight is 316 g/mol. The number of anilines is 1. The molecule has 0 amide bonds. The summed E-state index contributed by atoms with van der Waals surface area (Å²) in [5.74, 6) is 1.66. The second-order valence-corrected chi connectivity index (χ2v) is 5.19. The van der Waals surface area contributed by atoms with E-state index in [9.17, 15) is 5.11 Å². The number of ether oxygens (including phenoxy) is 2. The van der Waals surface area contributed by atoms with E-state index < -0.39 is 0 Å². The maximum atomic E-state index is 9.45. The topological polar surface area (TPSA) is 68.0 Å². The van der Waals surface area contributed by atoms with Crippen LogP contribution in [0.1, 0.15) is 18.5 Å². The molecule has 5 nitrogen and oxygen atoms in total. The van der Waals surface area contributed by atoms with Crippen LogP contribution in [-0.4, -0.2) is 32.4 Å². The molecule has 0 fully saturated rings. The van der Waals surface area contributed by atoms with Crippen molar-refractivity contribution in [3.63, 3.8) is 0 Å². The third-order valence-corrected chi connectivity index (χ3v) is 3.82. The van der Waals surface area contributed by atoms with Crippen LogP contribution in [0, 0.1) is 0 Å². The lowest BCUT2D eigenvalue weighted by atomic mass is 10.0. The number of hydrogen-bond donors (Lipinski definition) is 2. The summed E-state index contributed by atoms with van der Waals surface area (Å²) in [4.78, 5) is 2.07. The smallest absolute Gasteiger partial charge is 0.166 e. The van der Waals surface area contributed by atoms with Crippen LogP contribution in [0.2, 0.25) is 0 Å². The van der Waals surface area contributed by atoms with Crippen LogP contribution in [0.3, 0.4) is 0 Å². The Morgan fingerprint density at radius 3 is 2.43 bits per heavy atom. The van der Waals surface area contributed by atoms with E-state index >= 15 is 0 Å². The summed E-state index contributed by atoms with van der Waals surface area (Å²) in [7, 11) is 3.60. The number of nitrogens with zero attached hydrogens (tertiary/aromatic N) is 1. The average Bonchev–Trinajstić information content (AvgIpc) is 2.57. The van der Waals surface area contributed by atoms with Crippen LogP contribution in [-0.2, 0) is 0 Å². The molecule has 23 heavy (non-hydrogen) atoms. The highest BCUT2D eigenvalue weighted by Crippen LogP contribution is 2.38. The van der Waals surface area contributed by atoms with Crippen molar-refractivity contribution in [3.05, 3.63) is 48.0 Å². The van der Waals surface area contributed by atoms with E-state index in [-0.39, 0.29) is 11.8 Å². The fourth-order valence-corrected chi connectivity index (χ4v) is 2.62. The highest BCUT2D eigenvalue weighted by Gasteiger charge is 2.22. The van der Waals surface area contributed by atoms with Crippen molar-refractivity contribution in [1.82, 2.24) is 0 Å². The van der Waals surface area contributed by atoms with Gasteiger partial charge in [-0.2, -0.15) is 0 Å². The molecule has 0 aliphatic heterocycles. The number of phenolic OH excluding ortho intramolecular Hbond substituents is 1. The molecule has 2 rings (SSSR count). The number of likely N-dealkylation sites (N-methyl/N-ethyl adjacent to an activating group) is 1. The second kappa shape index (κ2) is 7.74. The van der Waals surface area contributed by atoms with Gasteiger partial charge in [-0.25, -0.2) is 0 Å². The Hall–Kier alpha value is -2.40. The molecule has 0 aromatic heterocycles. The number of para-hydroxylation sites is 1. The third kappa shape index (κ3) is 3.68. The summed E-state index contributed by atoms with van der Waals surface area (Å²) < 4.78 is 11.2. The molecule has 1 unspecified atom stereocenters. The first-order chi connectivity index (χ1) is 11.1. The van der Waals surface area contributed by atoms with Crippen molar-refractivity contribution in [2.75, 3.05) is 32.2 Å². The van der Waals surface area contributed by atoms with Gasteiger partial charge in [0, 0.05) is 24.8 Å². The van der Waals surface area contributed by atoms with Crippen LogP contribution in [0.4, 0.5) is 5.69 Å². The van der Waals surface area contributed by atoms with Crippen LogP contribution in [0.15, 0.2) is 42.5 Å². The number of nitrogens with two attached hydrogens (primary N) is 1. The molecule has 0 saturated carbocycles. The highest BCUT2D eigenvalue weighted by atomic mass is 16.5. The number of aromatic hydroxyl groups is 1. The van der Waals surface area contributed by atoms with Gasteiger partial charge in [-0.05, 0) is 37.3 Å². The van der Waals surface area contributed by atoms with Gasteiger partial charge in [0.1, 0.15) is 5.75 Å². The Morgan fingerprint density at radius 1 is 1.17 bits per heavy atom. The molecular weight excluding hydrogens is 292 g/mol. The van der Waals surface area contributed by atoms with E-state index in [1.165, 1.54) is 0 Å². The zero-order valence-corrected chi connectivity index (χ0v) is 13.8. The first-order valence-electron chi connectivity index (χ1n) is 7.64. The number of phenols is 1. The molecule has 124 valence electrons. The summed E-state index contributed by atoms with van der Waals surface area (Å²) >= 11 is 0. The molecule has 0 spiro atoms. The SMILES string of the molecule is CCOc1c(OC)cccc1C(CN)N(C)c1ccc(O)cc1. The minimum Gasteiger partial charge on any atom is -0.508 e. The number of benzene rings is 2. The normalized spacial score (nSPS) is 11.8. The molecule has 0 radical (unpaired) electrons. The monoisotopic (exact) mass is 316 g/mol. The van der Waals surface area contributed by atoms with Crippen LogP contribution in [0.25, 0.3) is 0 Å². The van der Waals surface area contributed by atoms with Crippen molar-refractivity contribution in [3.8, 4) is 17.2 Å². The predicted molar refractivity (Wildman–Crippen MR) is 92.5 cm³/mol. The van der Waals surface area contributed by atoms with Gasteiger partial charge < -0.3 is 25.2 Å². The predicted octanol–water partition coefficient (Wildman–Crippen LogP) is 2.94. The molecule has 0 bridgehead atoms. The Kier molecular flexibility index (Phi) is 5.71. The maximum absolute atomic E-state index is 9.45. The molecule has 1 atom stereocenters. The van der Waals surface area contributed by atoms with Gasteiger partial charge in [0.25, 0.3) is 0 Å². The molecule has 3 N–H and O–H groups in total. The fourth-order valence-electron chi connectivity index (χ4n) is 2.62. The molecule has 0 saturated heterocycles. The zero-order chi connectivity index (χ0) is 16.8. The standard InChI is InChI=1S/C18H24N2O3/c1-4-23-18-15(6-5-7-17(18)22-3)16(12-19)20(2)13-8-10-14(21)11-9-13/h5-11,16,21H,4,12,19H2,1-3H3. The van der Waals surface area contributed by atoms with E-state index in [1.54, 1.807) is 19.2 Å². The number of methoxy groups -OCH3 is 1. The largest absolute Gasteiger partial charge is 0.508 e. The van der Waals surface area contributed by atoms with E-state index in [0.29, 0.717) is 18.9 Å². The van der Waals surface area contributed by atoms with Crippen LogP contribution >= 0.6 is 0 Å². The first kappa shape index (κ1) is 17.0. The van der Waals surface area contributed by atoms with Crippen LogP contribution in [0.5, 0.6) is 17.2 Å². The molecule has 0 heterocycles. The molecule has 0 aliphatic rings. The van der Waals surface area contributed by atoms with Gasteiger partial charge in [0.05, 0.1) is 19.8 Å². The van der Waals surface area contributed by atoms with Crippen molar-refractivity contribution in [2.45, 2.75) is 13.0 Å². The maximum Gasteiger partial charge on any atom is 0.166 e. The molecular formula is C18H24N2O3. The van der Waals surface area contributed by atoms with Crippen molar-refractivity contribution >= 4 is 5.69 Å². The van der Waals surface area contributed by atoms with Crippen molar-refractivity contribution in [1.29, 1.82) is 0 Å². The molecule has 2 aromatic carbocycles. The van der Waals surface area contributed by atoms with Crippen molar-refractivity contribution in [2.24, 2.45) is 5.73 Å². The van der Waals surface area contributed by atoms with E-state index in [2.05, 4.69) is 4.90 Å². The molecule has 0 aliphatic carbocycles. The second-order valence-electron chi connectivity index (χ2n) is 5.19. The summed E-state index contributed by atoms with van der Waals surface area (Å²) in [5, 5.41) is 9.45. The number of hydrogen-bond acceptors (Lipinski definition) is 5. The molecule has 2 aromatic rings. The van der Waals surface area contributed by atoms with Crippen molar-refractivity contribution < 1.29 is 14.6 Å². The molecule has 5 heteroatoms. The first-order valence-corrected chi connectivity index (χ1v) is 7.64. The van der Waals surface area contributed by atoms with Gasteiger partial charge in [-0.3, -0.25) is 0 Å². The minimum absolute atomic E-state index is 0.0730. The van der Waals surface area contributed by atoms with Gasteiger partial charge in [-0.15, -0.1) is 0 Å². The third-order valence-electron chi connectivity index (χ3n) is 3.82. The lowest BCUT2D eigenvalue weighted by Crippen LogP contribution is -2.30. The Morgan fingerprint density at radius 2 is 1.87 bits per heavy atom. The quantitative estimate of drug-likeness (QED) is 0.822. The van der Waals surface area contributed by atoms with E-state index in [1.807, 2.05) is 44.3 Å².